The van der Waals surface area contributed by atoms with E-state index in [-0.39, 0.29) is 5.56 Å². The molecule has 4 heteroatoms. The third kappa shape index (κ3) is 2.58. The quantitative estimate of drug-likeness (QED) is 0.806. The average molecular weight is 233 g/mol. The van der Waals surface area contributed by atoms with Crippen LogP contribution in [0.4, 0.5) is 0 Å². The molecule has 1 aromatic rings. The second-order valence-corrected chi connectivity index (χ2v) is 5.07. The minimum absolute atomic E-state index is 0.105. The molecule has 4 nitrogen and oxygen atoms in total. The molecule has 0 radical (unpaired) electrons. The molecule has 17 heavy (non-hydrogen) atoms. The number of hydrogen-bond donors (Lipinski definition) is 2. The van der Waals surface area contributed by atoms with E-state index in [1.807, 2.05) is 6.07 Å². The molecule has 1 aliphatic heterocycles. The van der Waals surface area contributed by atoms with Crippen LogP contribution in [0.5, 0.6) is 0 Å². The van der Waals surface area contributed by atoms with Crippen molar-refractivity contribution in [2.75, 3.05) is 26.2 Å². The molecule has 2 aliphatic rings. The maximum atomic E-state index is 11.9. The first-order valence-electron chi connectivity index (χ1n) is 6.48. The lowest BCUT2D eigenvalue weighted by molar-refractivity contribution is 0.232. The van der Waals surface area contributed by atoms with Crippen LogP contribution in [0.3, 0.4) is 0 Å². The maximum Gasteiger partial charge on any atom is 0.252 e. The van der Waals surface area contributed by atoms with E-state index in [4.69, 9.17) is 0 Å². The van der Waals surface area contributed by atoms with Gasteiger partial charge in [-0.15, -0.1) is 0 Å². The lowest BCUT2D eigenvalue weighted by Gasteiger charge is -2.26. The van der Waals surface area contributed by atoms with Gasteiger partial charge < -0.3 is 10.3 Å². The van der Waals surface area contributed by atoms with Gasteiger partial charge >= 0.3 is 0 Å². The van der Waals surface area contributed by atoms with Crippen molar-refractivity contribution in [1.82, 2.24) is 15.2 Å². The van der Waals surface area contributed by atoms with Crippen LogP contribution in [0.25, 0.3) is 0 Å². The van der Waals surface area contributed by atoms with Crippen LogP contribution in [0.2, 0.25) is 0 Å². The van der Waals surface area contributed by atoms with Gasteiger partial charge in [-0.05, 0) is 24.8 Å². The topological polar surface area (TPSA) is 48.1 Å². The van der Waals surface area contributed by atoms with E-state index >= 15 is 0 Å². The third-order valence-electron chi connectivity index (χ3n) is 3.63. The van der Waals surface area contributed by atoms with Crippen LogP contribution in [0.15, 0.2) is 16.9 Å². The molecule has 0 unspecified atom stereocenters. The molecule has 1 saturated heterocycles. The van der Waals surface area contributed by atoms with Gasteiger partial charge in [0.15, 0.2) is 0 Å². The van der Waals surface area contributed by atoms with Crippen molar-refractivity contribution in [2.24, 2.45) is 0 Å². The lowest BCUT2D eigenvalue weighted by atomic mass is 10.2. The van der Waals surface area contributed by atoms with Gasteiger partial charge in [-0.1, -0.05) is 6.07 Å². The standard InChI is InChI=1S/C13H19N3O/c17-13-11(9-16-7-5-14-6-8-16)3-4-12(15-13)10-1-2-10/h3-4,10,14H,1-2,5-9H2,(H,15,17). The van der Waals surface area contributed by atoms with Crippen LogP contribution < -0.4 is 10.9 Å². The van der Waals surface area contributed by atoms with E-state index in [0.717, 1.165) is 44.0 Å². The summed E-state index contributed by atoms with van der Waals surface area (Å²) in [6, 6.07) is 4.10. The predicted octanol–water partition coefficient (Wildman–Crippen LogP) is 0.657. The monoisotopic (exact) mass is 233 g/mol. The van der Waals surface area contributed by atoms with Crippen molar-refractivity contribution < 1.29 is 0 Å². The minimum atomic E-state index is 0.105. The van der Waals surface area contributed by atoms with Gasteiger partial charge in [0.05, 0.1) is 0 Å². The summed E-state index contributed by atoms with van der Waals surface area (Å²) >= 11 is 0. The van der Waals surface area contributed by atoms with Crippen molar-refractivity contribution in [2.45, 2.75) is 25.3 Å². The van der Waals surface area contributed by atoms with Crippen LogP contribution in [-0.4, -0.2) is 36.1 Å². The first-order valence-corrected chi connectivity index (χ1v) is 6.48. The zero-order valence-electron chi connectivity index (χ0n) is 10.0. The molecular weight excluding hydrogens is 214 g/mol. The molecule has 92 valence electrons. The molecule has 1 aromatic heterocycles. The highest BCUT2D eigenvalue weighted by Crippen LogP contribution is 2.38. The minimum Gasteiger partial charge on any atom is -0.326 e. The predicted molar refractivity (Wildman–Crippen MR) is 67.2 cm³/mol. The van der Waals surface area contributed by atoms with E-state index in [1.54, 1.807) is 0 Å². The Bertz CT molecular complexity index is 444. The Labute approximate surface area is 101 Å². The van der Waals surface area contributed by atoms with Crippen molar-refractivity contribution in [1.29, 1.82) is 0 Å². The first kappa shape index (κ1) is 11.0. The van der Waals surface area contributed by atoms with E-state index in [1.165, 1.54) is 12.8 Å². The normalized spacial score (nSPS) is 21.6. The number of H-pyrrole nitrogens is 1. The van der Waals surface area contributed by atoms with Gasteiger partial charge in [0.25, 0.3) is 5.56 Å². The zero-order valence-corrected chi connectivity index (χ0v) is 10.0. The summed E-state index contributed by atoms with van der Waals surface area (Å²) in [6.45, 7) is 4.89. The highest BCUT2D eigenvalue weighted by molar-refractivity contribution is 5.20. The Morgan fingerprint density at radius 2 is 2.00 bits per heavy atom. The van der Waals surface area contributed by atoms with E-state index in [9.17, 15) is 4.79 Å². The number of aromatic amines is 1. The Kier molecular flexibility index (Phi) is 2.99. The zero-order chi connectivity index (χ0) is 11.7. The van der Waals surface area contributed by atoms with Crippen LogP contribution in [-0.2, 0) is 6.54 Å². The van der Waals surface area contributed by atoms with Gasteiger partial charge in [-0.3, -0.25) is 9.69 Å². The SMILES string of the molecule is O=c1[nH]c(C2CC2)ccc1CN1CCNCC1. The Morgan fingerprint density at radius 1 is 1.24 bits per heavy atom. The van der Waals surface area contributed by atoms with Gasteiger partial charge in [0, 0.05) is 44.0 Å². The number of rotatable bonds is 3. The highest BCUT2D eigenvalue weighted by Gasteiger charge is 2.24. The number of pyridine rings is 1. The summed E-state index contributed by atoms with van der Waals surface area (Å²) in [4.78, 5) is 17.3. The van der Waals surface area contributed by atoms with E-state index in [0.29, 0.717) is 5.92 Å². The highest BCUT2D eigenvalue weighted by atomic mass is 16.1. The smallest absolute Gasteiger partial charge is 0.252 e. The molecule has 0 atom stereocenters. The van der Waals surface area contributed by atoms with E-state index < -0.39 is 0 Å². The Morgan fingerprint density at radius 3 is 2.65 bits per heavy atom. The first-order chi connectivity index (χ1) is 8.33. The number of piperazine rings is 1. The second kappa shape index (κ2) is 4.63. The second-order valence-electron chi connectivity index (χ2n) is 5.07. The number of nitrogens with zero attached hydrogens (tertiary/aromatic N) is 1. The summed E-state index contributed by atoms with van der Waals surface area (Å²) in [6.07, 6.45) is 2.46. The number of hydrogen-bond acceptors (Lipinski definition) is 3. The summed E-state index contributed by atoms with van der Waals surface area (Å²) in [5, 5.41) is 3.32. The summed E-state index contributed by atoms with van der Waals surface area (Å²) in [5.74, 6) is 0.621. The van der Waals surface area contributed by atoms with Gasteiger partial charge in [0.2, 0.25) is 0 Å². The van der Waals surface area contributed by atoms with Crippen molar-refractivity contribution in [3.8, 4) is 0 Å². The molecule has 2 fully saturated rings. The lowest BCUT2D eigenvalue weighted by Crippen LogP contribution is -2.43. The van der Waals surface area contributed by atoms with Crippen molar-refractivity contribution >= 4 is 0 Å². The summed E-state index contributed by atoms with van der Waals surface area (Å²) in [7, 11) is 0. The molecule has 1 aliphatic carbocycles. The molecule has 2 N–H and O–H groups in total. The largest absolute Gasteiger partial charge is 0.326 e. The fraction of sp³-hybridized carbons (Fsp3) is 0.615. The molecule has 3 rings (SSSR count). The third-order valence-corrected chi connectivity index (χ3v) is 3.63. The van der Waals surface area contributed by atoms with Crippen LogP contribution in [0.1, 0.15) is 30.0 Å². The van der Waals surface area contributed by atoms with Crippen molar-refractivity contribution in [3.63, 3.8) is 0 Å². The molecule has 0 spiro atoms. The molecule has 0 bridgehead atoms. The van der Waals surface area contributed by atoms with E-state index in [2.05, 4.69) is 21.3 Å². The average Bonchev–Trinajstić information content (AvgIpc) is 3.17. The fourth-order valence-corrected chi connectivity index (χ4v) is 2.39. The molecule has 1 saturated carbocycles. The van der Waals surface area contributed by atoms with Crippen LogP contribution >= 0.6 is 0 Å². The van der Waals surface area contributed by atoms with Crippen molar-refractivity contribution in [3.05, 3.63) is 33.7 Å². The van der Waals surface area contributed by atoms with Gasteiger partial charge in [0.1, 0.15) is 0 Å². The molecule has 0 aromatic carbocycles. The van der Waals surface area contributed by atoms with Gasteiger partial charge in [-0.25, -0.2) is 0 Å². The molecule has 0 amide bonds. The number of aromatic nitrogens is 1. The number of nitrogens with one attached hydrogen (secondary N) is 2. The van der Waals surface area contributed by atoms with Gasteiger partial charge in [-0.2, -0.15) is 0 Å². The molecule has 2 heterocycles. The molecular formula is C13H19N3O. The Balaban J connectivity index is 1.71. The van der Waals surface area contributed by atoms with Crippen LogP contribution in [0, 0.1) is 0 Å². The Hall–Kier alpha value is -1.13. The maximum absolute atomic E-state index is 11.9. The summed E-state index contributed by atoms with van der Waals surface area (Å²) in [5.41, 5.74) is 2.13. The fourth-order valence-electron chi connectivity index (χ4n) is 2.39. The summed E-state index contributed by atoms with van der Waals surface area (Å²) < 4.78 is 0.